The van der Waals surface area contributed by atoms with E-state index in [4.69, 9.17) is 13.9 Å². The van der Waals surface area contributed by atoms with Crippen molar-refractivity contribution >= 4 is 28.9 Å². The molecular weight excluding hydrogens is 456 g/mol. The molecule has 0 spiro atoms. The van der Waals surface area contributed by atoms with Crippen LogP contribution >= 0.6 is 0 Å². The predicted octanol–water partition coefficient (Wildman–Crippen LogP) is 1.87. The summed E-state index contributed by atoms with van der Waals surface area (Å²) >= 11 is 0. The summed E-state index contributed by atoms with van der Waals surface area (Å²) in [5.74, 6) is -0.506. The molecule has 0 saturated heterocycles. The second-order valence-corrected chi connectivity index (χ2v) is 7.73. The lowest BCUT2D eigenvalue weighted by molar-refractivity contribution is -0.143. The molecule has 4 rings (SSSR count). The van der Waals surface area contributed by atoms with Gasteiger partial charge in [-0.1, -0.05) is 12.1 Å². The molecule has 2 N–H and O–H groups in total. The molecule has 11 heteroatoms. The van der Waals surface area contributed by atoms with Gasteiger partial charge in [-0.3, -0.25) is 14.2 Å². The van der Waals surface area contributed by atoms with Gasteiger partial charge in [-0.15, -0.1) is 0 Å². The molecule has 35 heavy (non-hydrogen) atoms. The first-order valence-corrected chi connectivity index (χ1v) is 11.0. The lowest BCUT2D eigenvalue weighted by atomic mass is 10.0. The second-order valence-electron chi connectivity index (χ2n) is 7.73. The highest BCUT2D eigenvalue weighted by Gasteiger charge is 2.35. The number of ether oxygens (including phenoxy) is 2. The van der Waals surface area contributed by atoms with Gasteiger partial charge in [0.2, 0.25) is 0 Å². The number of aromatic nitrogens is 2. The van der Waals surface area contributed by atoms with Gasteiger partial charge in [0, 0.05) is 13.5 Å². The maximum Gasteiger partial charge on any atom is 0.338 e. The van der Waals surface area contributed by atoms with Crippen molar-refractivity contribution in [1.29, 1.82) is 0 Å². The Labute approximate surface area is 199 Å². The summed E-state index contributed by atoms with van der Waals surface area (Å²) in [7, 11) is 1.60. The van der Waals surface area contributed by atoms with Gasteiger partial charge in [0.15, 0.2) is 0 Å². The Morgan fingerprint density at radius 1 is 1.14 bits per heavy atom. The van der Waals surface area contributed by atoms with E-state index in [-0.39, 0.29) is 42.9 Å². The van der Waals surface area contributed by atoms with Gasteiger partial charge in [-0.25, -0.2) is 14.6 Å². The minimum Gasteiger partial charge on any atom is -0.467 e. The Morgan fingerprint density at radius 3 is 2.69 bits per heavy atom. The Bertz CT molecular complexity index is 1360. The van der Waals surface area contributed by atoms with E-state index in [0.717, 1.165) is 0 Å². The number of benzene rings is 1. The van der Waals surface area contributed by atoms with E-state index in [0.29, 0.717) is 22.5 Å². The van der Waals surface area contributed by atoms with Crippen LogP contribution in [-0.2, 0) is 32.5 Å². The van der Waals surface area contributed by atoms with Crippen LogP contribution in [-0.4, -0.2) is 40.7 Å². The molecule has 1 aliphatic heterocycles. The zero-order valence-corrected chi connectivity index (χ0v) is 19.2. The highest BCUT2D eigenvalue weighted by Crippen LogP contribution is 2.28. The number of hydrogen-bond acceptors (Lipinski definition) is 8. The average Bonchev–Trinajstić information content (AvgIpc) is 3.39. The molecule has 2 aromatic heterocycles. The first kappa shape index (κ1) is 23.7. The van der Waals surface area contributed by atoms with Crippen LogP contribution in [0.2, 0.25) is 0 Å². The molecule has 0 aliphatic carbocycles. The smallest absolute Gasteiger partial charge is 0.338 e. The summed E-state index contributed by atoms with van der Waals surface area (Å²) in [5.41, 5.74) is 0.514. The van der Waals surface area contributed by atoms with E-state index >= 15 is 0 Å². The highest BCUT2D eigenvalue weighted by atomic mass is 16.5. The molecule has 0 fully saturated rings. The number of nitrogens with zero attached hydrogens (tertiary/aromatic N) is 2. The summed E-state index contributed by atoms with van der Waals surface area (Å²) in [6.07, 6.45) is 1.52. The minimum absolute atomic E-state index is 0.0611. The van der Waals surface area contributed by atoms with Gasteiger partial charge < -0.3 is 24.5 Å². The van der Waals surface area contributed by atoms with Crippen LogP contribution in [0.5, 0.6) is 0 Å². The molecule has 1 atom stereocenters. The van der Waals surface area contributed by atoms with Crippen molar-refractivity contribution < 1.29 is 28.3 Å². The van der Waals surface area contributed by atoms with Crippen LogP contribution < -0.4 is 16.2 Å². The highest BCUT2D eigenvalue weighted by molar-refractivity contribution is 5.95. The van der Waals surface area contributed by atoms with E-state index in [1.807, 2.05) is 0 Å². The zero-order valence-electron chi connectivity index (χ0n) is 19.2. The van der Waals surface area contributed by atoms with Crippen LogP contribution in [0.4, 0.5) is 4.79 Å². The fraction of sp³-hybridized carbons (Fsp3) is 0.292. The Balaban J connectivity index is 1.49. The van der Waals surface area contributed by atoms with Crippen LogP contribution in [0.25, 0.3) is 10.9 Å². The monoisotopic (exact) mass is 480 g/mol. The van der Waals surface area contributed by atoms with Gasteiger partial charge in [0.25, 0.3) is 5.56 Å². The molecule has 182 valence electrons. The van der Waals surface area contributed by atoms with Crippen molar-refractivity contribution in [3.63, 3.8) is 0 Å². The quantitative estimate of drug-likeness (QED) is 0.466. The number of nitrogens with one attached hydrogen (secondary N) is 2. The molecule has 1 aromatic carbocycles. The van der Waals surface area contributed by atoms with Crippen LogP contribution in [0.1, 0.15) is 31.0 Å². The van der Waals surface area contributed by atoms with Crippen LogP contribution in [0.15, 0.2) is 63.1 Å². The van der Waals surface area contributed by atoms with E-state index in [1.165, 1.54) is 10.8 Å². The second kappa shape index (κ2) is 10.2. The maximum absolute atomic E-state index is 12.7. The fourth-order valence-corrected chi connectivity index (χ4v) is 3.78. The summed E-state index contributed by atoms with van der Waals surface area (Å²) in [4.78, 5) is 54.4. The number of rotatable bonds is 8. The van der Waals surface area contributed by atoms with E-state index in [2.05, 4.69) is 15.6 Å². The standard InChI is InChI=1S/C24H24N4O7/c1-3-33-23(31)20-16(26-24(32)27-21(20)17-9-6-12-34-17)13-35-19(29)11-10-18-25-15-8-5-4-7-14(15)22(30)28(18)2/h4-9,12,21H,3,10-11,13H2,1-2H3,(H2,26,27,32). The zero-order chi connectivity index (χ0) is 24.9. The van der Waals surface area contributed by atoms with Gasteiger partial charge >= 0.3 is 18.0 Å². The molecule has 11 nitrogen and oxygen atoms in total. The molecule has 0 saturated carbocycles. The number of hydrogen-bond donors (Lipinski definition) is 2. The number of amides is 2. The number of carbonyl (C=O) groups excluding carboxylic acids is 3. The minimum atomic E-state index is -0.900. The number of para-hydroxylation sites is 1. The van der Waals surface area contributed by atoms with E-state index < -0.39 is 24.0 Å². The number of carbonyl (C=O) groups is 3. The fourth-order valence-electron chi connectivity index (χ4n) is 3.78. The number of aryl methyl sites for hydroxylation is 1. The van der Waals surface area contributed by atoms with Crippen molar-refractivity contribution in [2.75, 3.05) is 13.2 Å². The summed E-state index contributed by atoms with van der Waals surface area (Å²) in [5, 5.41) is 5.62. The first-order chi connectivity index (χ1) is 16.9. The SMILES string of the molecule is CCOC(=O)C1=C(COC(=O)CCc2nc3ccccc3c(=O)n2C)NC(=O)NC1c1ccco1. The molecule has 2 amide bonds. The Kier molecular flexibility index (Phi) is 6.95. The number of furan rings is 1. The Hall–Kier alpha value is -4.41. The van der Waals surface area contributed by atoms with Crippen LogP contribution in [0, 0.1) is 0 Å². The molecular formula is C24H24N4O7. The van der Waals surface area contributed by atoms with Gasteiger partial charge in [0.05, 0.1) is 41.5 Å². The van der Waals surface area contributed by atoms with E-state index in [9.17, 15) is 19.2 Å². The average molecular weight is 480 g/mol. The largest absolute Gasteiger partial charge is 0.467 e. The topological polar surface area (TPSA) is 142 Å². The summed E-state index contributed by atoms with van der Waals surface area (Å²) in [6, 6.07) is 8.73. The molecule has 0 bridgehead atoms. The normalized spacial score (nSPS) is 15.5. The molecule has 1 aliphatic rings. The van der Waals surface area contributed by atoms with Crippen molar-refractivity contribution in [2.45, 2.75) is 25.8 Å². The van der Waals surface area contributed by atoms with Crippen molar-refractivity contribution in [2.24, 2.45) is 7.05 Å². The summed E-state index contributed by atoms with van der Waals surface area (Å²) < 4.78 is 17.2. The molecule has 0 radical (unpaired) electrons. The summed E-state index contributed by atoms with van der Waals surface area (Å²) in [6.45, 7) is 1.41. The van der Waals surface area contributed by atoms with Gasteiger partial charge in [-0.05, 0) is 31.2 Å². The number of urea groups is 1. The van der Waals surface area contributed by atoms with Gasteiger partial charge in [0.1, 0.15) is 24.2 Å². The molecule has 3 aromatic rings. The lowest BCUT2D eigenvalue weighted by Gasteiger charge is -2.27. The van der Waals surface area contributed by atoms with Crippen LogP contribution in [0.3, 0.4) is 0 Å². The van der Waals surface area contributed by atoms with Gasteiger partial charge in [-0.2, -0.15) is 0 Å². The maximum atomic E-state index is 12.7. The molecule has 3 heterocycles. The lowest BCUT2D eigenvalue weighted by Crippen LogP contribution is -2.47. The number of esters is 2. The first-order valence-electron chi connectivity index (χ1n) is 11.0. The van der Waals surface area contributed by atoms with Crippen molar-refractivity contribution in [3.05, 3.63) is 75.9 Å². The third-order valence-corrected chi connectivity index (χ3v) is 5.48. The number of fused-ring (bicyclic) bond motifs is 1. The van der Waals surface area contributed by atoms with E-state index in [1.54, 1.807) is 50.4 Å². The third kappa shape index (κ3) is 5.08. The van der Waals surface area contributed by atoms with Crippen molar-refractivity contribution in [3.8, 4) is 0 Å². The third-order valence-electron chi connectivity index (χ3n) is 5.48. The Morgan fingerprint density at radius 2 is 1.94 bits per heavy atom. The predicted molar refractivity (Wildman–Crippen MR) is 123 cm³/mol. The van der Waals surface area contributed by atoms with Crippen molar-refractivity contribution in [1.82, 2.24) is 20.2 Å². The molecule has 1 unspecified atom stereocenters.